The molecule has 30 heavy (non-hydrogen) atoms. The van der Waals surface area contributed by atoms with Gasteiger partial charge in [-0.25, -0.2) is 4.98 Å². The third-order valence-corrected chi connectivity index (χ3v) is 8.03. The van der Waals surface area contributed by atoms with Crippen molar-refractivity contribution in [3.8, 4) is 5.88 Å². The predicted octanol–water partition coefficient (Wildman–Crippen LogP) is 5.12. The Morgan fingerprint density at radius 3 is 2.73 bits per heavy atom. The van der Waals surface area contributed by atoms with E-state index in [1.807, 2.05) is 0 Å². The lowest BCUT2D eigenvalue weighted by Crippen LogP contribution is -2.60. The van der Waals surface area contributed by atoms with Crippen LogP contribution < -0.4 is 10.1 Å². The SMILES string of the molecule is C=C(Cl)COc1nc2cc(SC)ccc2cc1CNC1[C@@H]2CC3C[C@@H]1CC(O)(C3)C2. The summed E-state index contributed by atoms with van der Waals surface area (Å²) in [6.07, 6.45) is 7.47. The Labute approximate surface area is 187 Å². The highest BCUT2D eigenvalue weighted by Crippen LogP contribution is 2.55. The van der Waals surface area contributed by atoms with E-state index in [-0.39, 0.29) is 6.61 Å². The van der Waals surface area contributed by atoms with E-state index < -0.39 is 5.60 Å². The standard InChI is InChI=1S/C24H29ClN2O2S/c1-14(25)13-29-23-19(7-16-3-4-20(30-2)8-21(16)27-23)12-26-22-17-5-15-6-18(22)11-24(28,9-15)10-17/h3-4,7-8,15,17-18,22,26,28H,1,5-6,9-13H2,2H3/t15?,17-,18-,22?,24?/m1/s1. The highest BCUT2D eigenvalue weighted by atomic mass is 35.5. The maximum Gasteiger partial charge on any atom is 0.218 e. The zero-order valence-electron chi connectivity index (χ0n) is 17.4. The first-order valence-corrected chi connectivity index (χ1v) is 12.4. The molecule has 4 saturated carbocycles. The van der Waals surface area contributed by atoms with Crippen molar-refractivity contribution in [2.45, 2.75) is 55.2 Å². The van der Waals surface area contributed by atoms with Crippen molar-refractivity contribution >= 4 is 34.3 Å². The summed E-state index contributed by atoms with van der Waals surface area (Å²) in [6, 6.07) is 8.99. The molecule has 6 heteroatoms. The molecule has 6 rings (SSSR count). The Bertz CT molecular complexity index is 965. The van der Waals surface area contributed by atoms with E-state index in [9.17, 15) is 5.11 Å². The molecule has 0 spiro atoms. The van der Waals surface area contributed by atoms with Gasteiger partial charge in [0.15, 0.2) is 0 Å². The van der Waals surface area contributed by atoms with Crippen LogP contribution in [0.25, 0.3) is 10.9 Å². The van der Waals surface area contributed by atoms with E-state index in [2.05, 4.69) is 42.4 Å². The highest BCUT2D eigenvalue weighted by molar-refractivity contribution is 7.98. The Morgan fingerprint density at radius 2 is 2.07 bits per heavy atom. The first-order valence-electron chi connectivity index (χ1n) is 10.8. The average molecular weight is 445 g/mol. The zero-order valence-corrected chi connectivity index (χ0v) is 18.9. The van der Waals surface area contributed by atoms with Gasteiger partial charge in [-0.3, -0.25) is 0 Å². The first-order chi connectivity index (χ1) is 14.4. The topological polar surface area (TPSA) is 54.4 Å². The van der Waals surface area contributed by atoms with Crippen LogP contribution in [-0.2, 0) is 6.54 Å². The normalized spacial score (nSPS) is 32.0. The second-order valence-corrected chi connectivity index (χ2v) is 10.8. The molecule has 2 N–H and O–H groups in total. The molecule has 4 fully saturated rings. The van der Waals surface area contributed by atoms with Crippen LogP contribution in [-0.4, -0.2) is 34.6 Å². The summed E-state index contributed by atoms with van der Waals surface area (Å²) in [5, 5.41) is 16.2. The van der Waals surface area contributed by atoms with Gasteiger partial charge >= 0.3 is 0 Å². The third-order valence-electron chi connectivity index (χ3n) is 7.20. The van der Waals surface area contributed by atoms with Crippen molar-refractivity contribution in [1.29, 1.82) is 0 Å². The van der Waals surface area contributed by atoms with Crippen LogP contribution in [0.2, 0.25) is 0 Å². The minimum atomic E-state index is -0.400. The minimum absolute atomic E-state index is 0.249. The second kappa shape index (κ2) is 8.01. The number of nitrogens with zero attached hydrogens (tertiary/aromatic N) is 1. The van der Waals surface area contributed by atoms with Crippen molar-refractivity contribution in [1.82, 2.24) is 10.3 Å². The number of hydrogen-bond acceptors (Lipinski definition) is 5. The smallest absolute Gasteiger partial charge is 0.218 e. The van der Waals surface area contributed by atoms with Crippen molar-refractivity contribution in [3.05, 3.63) is 41.4 Å². The molecular weight excluding hydrogens is 416 g/mol. The fourth-order valence-corrected chi connectivity index (χ4v) is 6.73. The summed E-state index contributed by atoms with van der Waals surface area (Å²) in [5.74, 6) is 2.49. The van der Waals surface area contributed by atoms with Gasteiger partial charge in [0, 0.05) is 33.5 Å². The van der Waals surface area contributed by atoms with Crippen molar-refractivity contribution in [2.75, 3.05) is 12.9 Å². The van der Waals surface area contributed by atoms with Crippen LogP contribution in [0.4, 0.5) is 0 Å². The average Bonchev–Trinajstić information content (AvgIpc) is 2.69. The van der Waals surface area contributed by atoms with Crippen molar-refractivity contribution in [2.24, 2.45) is 17.8 Å². The zero-order chi connectivity index (χ0) is 20.9. The minimum Gasteiger partial charge on any atom is -0.472 e. The number of rotatable bonds is 7. The number of halogens is 1. The van der Waals surface area contributed by atoms with Gasteiger partial charge < -0.3 is 15.2 Å². The quantitative estimate of drug-likeness (QED) is 0.580. The largest absolute Gasteiger partial charge is 0.472 e. The van der Waals surface area contributed by atoms with Gasteiger partial charge in [0.25, 0.3) is 0 Å². The number of hydrogen-bond donors (Lipinski definition) is 2. The van der Waals surface area contributed by atoms with Gasteiger partial charge in [-0.1, -0.05) is 24.2 Å². The summed E-state index contributed by atoms with van der Waals surface area (Å²) in [5.41, 5.74) is 1.57. The van der Waals surface area contributed by atoms with Gasteiger partial charge in [-0.15, -0.1) is 11.8 Å². The summed E-state index contributed by atoms with van der Waals surface area (Å²) >= 11 is 7.66. The van der Waals surface area contributed by atoms with E-state index in [0.717, 1.165) is 35.7 Å². The maximum absolute atomic E-state index is 10.9. The number of aliphatic hydroxyl groups is 1. The molecule has 4 nitrogen and oxygen atoms in total. The van der Waals surface area contributed by atoms with E-state index >= 15 is 0 Å². The fraction of sp³-hybridized carbons (Fsp3) is 0.542. The number of benzene rings is 1. The lowest BCUT2D eigenvalue weighted by molar-refractivity contribution is -0.138. The molecule has 0 radical (unpaired) electrons. The molecule has 2 atom stereocenters. The molecule has 1 aromatic carbocycles. The summed E-state index contributed by atoms with van der Waals surface area (Å²) < 4.78 is 5.92. The maximum atomic E-state index is 10.9. The van der Waals surface area contributed by atoms with Gasteiger partial charge in [0.2, 0.25) is 5.88 Å². The van der Waals surface area contributed by atoms with Crippen LogP contribution in [0.15, 0.2) is 40.8 Å². The van der Waals surface area contributed by atoms with Gasteiger partial charge in [-0.2, -0.15) is 0 Å². The lowest BCUT2D eigenvalue weighted by Gasteiger charge is -2.58. The predicted molar refractivity (Wildman–Crippen MR) is 123 cm³/mol. The Balaban J connectivity index is 1.38. The molecule has 0 amide bonds. The number of fused-ring (bicyclic) bond motifs is 1. The van der Waals surface area contributed by atoms with E-state index in [0.29, 0.717) is 41.3 Å². The summed E-state index contributed by atoms with van der Waals surface area (Å²) in [4.78, 5) is 5.99. The molecule has 4 aliphatic rings. The Kier molecular flexibility index (Phi) is 5.51. The second-order valence-electron chi connectivity index (χ2n) is 9.42. The van der Waals surface area contributed by atoms with Gasteiger partial charge in [-0.05, 0) is 74.3 Å². The Morgan fingerprint density at radius 1 is 1.30 bits per heavy atom. The number of ether oxygens (including phenoxy) is 1. The van der Waals surface area contributed by atoms with Gasteiger partial charge in [0.05, 0.1) is 11.1 Å². The molecule has 1 aromatic heterocycles. The molecule has 0 aliphatic heterocycles. The molecule has 1 heterocycles. The first kappa shape index (κ1) is 20.6. The molecule has 0 unspecified atom stereocenters. The van der Waals surface area contributed by atoms with Crippen LogP contribution in [0.1, 0.15) is 37.7 Å². The van der Waals surface area contributed by atoms with Crippen LogP contribution in [0.5, 0.6) is 5.88 Å². The van der Waals surface area contributed by atoms with Crippen molar-refractivity contribution < 1.29 is 9.84 Å². The molecule has 4 aliphatic carbocycles. The van der Waals surface area contributed by atoms with Crippen molar-refractivity contribution in [3.63, 3.8) is 0 Å². The number of thioether (sulfide) groups is 1. The molecule has 0 saturated heterocycles. The number of nitrogens with one attached hydrogen (secondary N) is 1. The number of pyridine rings is 1. The fourth-order valence-electron chi connectivity index (χ4n) is 6.24. The molecule has 4 bridgehead atoms. The molecule has 2 aromatic rings. The van der Waals surface area contributed by atoms with E-state index in [4.69, 9.17) is 21.3 Å². The Hall–Kier alpha value is -1.27. The van der Waals surface area contributed by atoms with E-state index in [1.165, 1.54) is 17.7 Å². The lowest BCUT2D eigenvalue weighted by atomic mass is 9.52. The summed E-state index contributed by atoms with van der Waals surface area (Å²) in [6.45, 7) is 4.69. The monoisotopic (exact) mass is 444 g/mol. The number of aromatic nitrogens is 1. The van der Waals surface area contributed by atoms with Crippen LogP contribution >= 0.6 is 23.4 Å². The highest BCUT2D eigenvalue weighted by Gasteiger charge is 2.54. The third kappa shape index (κ3) is 3.97. The molecule has 160 valence electrons. The summed E-state index contributed by atoms with van der Waals surface area (Å²) in [7, 11) is 0. The van der Waals surface area contributed by atoms with Crippen LogP contribution in [0.3, 0.4) is 0 Å². The van der Waals surface area contributed by atoms with E-state index in [1.54, 1.807) is 11.8 Å². The van der Waals surface area contributed by atoms with Gasteiger partial charge in [0.1, 0.15) is 6.61 Å². The molecular formula is C24H29ClN2O2S. The van der Waals surface area contributed by atoms with Crippen LogP contribution in [0, 0.1) is 17.8 Å².